The summed E-state index contributed by atoms with van der Waals surface area (Å²) in [6, 6.07) is 9.71. The first kappa shape index (κ1) is 22.9. The molecule has 0 saturated carbocycles. The molecule has 3 aromatic rings. The molecular formula is C25H27FN6O3. The van der Waals surface area contributed by atoms with E-state index in [0.29, 0.717) is 74.7 Å². The highest BCUT2D eigenvalue weighted by Crippen LogP contribution is 2.32. The molecule has 5 rings (SSSR count). The Morgan fingerprint density at radius 1 is 1.00 bits per heavy atom. The maximum absolute atomic E-state index is 13.6. The Morgan fingerprint density at radius 3 is 2.46 bits per heavy atom. The van der Waals surface area contributed by atoms with Gasteiger partial charge >= 0.3 is 0 Å². The molecule has 0 unspecified atom stereocenters. The Hall–Kier alpha value is -3.82. The number of anilines is 1. The fraction of sp³-hybridized carbons (Fsp3) is 0.400. The van der Waals surface area contributed by atoms with Crippen molar-refractivity contribution < 1.29 is 18.5 Å². The number of nitrogens with two attached hydrogens (primary N) is 1. The molecule has 0 aliphatic carbocycles. The third-order valence-electron chi connectivity index (χ3n) is 6.88. The Labute approximate surface area is 202 Å². The molecule has 2 amide bonds. The lowest BCUT2D eigenvalue weighted by Gasteiger charge is -2.37. The maximum Gasteiger partial charge on any atom is 0.261 e. The first-order valence-electron chi connectivity index (χ1n) is 11.9. The summed E-state index contributed by atoms with van der Waals surface area (Å²) in [6.45, 7) is 2.51. The molecule has 2 aromatic heterocycles. The standard InChI is InChI=1S/C25H27FN6O3/c26-19-4-1-3-18(15-19)22-29-24(35-30-22)20-5-2-10-28-23(20)31-11-8-17(9-12-31)25(34)32-13-6-16(7-14-32)21(27)33/h1-5,10,15-17H,6-9,11-14H2,(H2,27,33). The average Bonchev–Trinajstić information content (AvgIpc) is 3.39. The van der Waals surface area contributed by atoms with Crippen molar-refractivity contribution in [3.05, 3.63) is 48.4 Å². The number of hydrogen-bond acceptors (Lipinski definition) is 7. The molecular weight excluding hydrogens is 451 g/mol. The smallest absolute Gasteiger partial charge is 0.261 e. The van der Waals surface area contributed by atoms with E-state index in [-0.39, 0.29) is 29.5 Å². The SMILES string of the molecule is NC(=O)C1CCN(C(=O)C2CCN(c3ncccc3-c3nc(-c4cccc(F)c4)no3)CC2)CC1. The van der Waals surface area contributed by atoms with E-state index >= 15 is 0 Å². The number of halogens is 1. The van der Waals surface area contributed by atoms with Crippen LogP contribution >= 0.6 is 0 Å². The summed E-state index contributed by atoms with van der Waals surface area (Å²) >= 11 is 0. The fourth-order valence-electron chi connectivity index (χ4n) is 4.87. The summed E-state index contributed by atoms with van der Waals surface area (Å²) in [6.07, 6.45) is 4.41. The van der Waals surface area contributed by atoms with E-state index in [2.05, 4.69) is 20.0 Å². The Bertz CT molecular complexity index is 1220. The Kier molecular flexibility index (Phi) is 6.43. The van der Waals surface area contributed by atoms with Crippen molar-refractivity contribution >= 4 is 17.6 Å². The number of hydrogen-bond donors (Lipinski definition) is 1. The van der Waals surface area contributed by atoms with Crippen molar-refractivity contribution in [2.24, 2.45) is 17.6 Å². The van der Waals surface area contributed by atoms with Crippen LogP contribution in [0.25, 0.3) is 22.8 Å². The molecule has 4 heterocycles. The normalized spacial score (nSPS) is 17.5. The van der Waals surface area contributed by atoms with Crippen LogP contribution in [0.1, 0.15) is 25.7 Å². The van der Waals surface area contributed by atoms with Crippen molar-refractivity contribution in [2.45, 2.75) is 25.7 Å². The molecule has 1 aromatic carbocycles. The molecule has 2 N–H and O–H groups in total. The first-order chi connectivity index (χ1) is 17.0. The van der Waals surface area contributed by atoms with E-state index in [9.17, 15) is 14.0 Å². The second kappa shape index (κ2) is 9.81. The van der Waals surface area contributed by atoms with Crippen molar-refractivity contribution in [3.63, 3.8) is 0 Å². The molecule has 2 saturated heterocycles. The van der Waals surface area contributed by atoms with E-state index in [1.165, 1.54) is 12.1 Å². The minimum atomic E-state index is -0.370. The monoisotopic (exact) mass is 478 g/mol. The predicted molar refractivity (Wildman–Crippen MR) is 126 cm³/mol. The second-order valence-electron chi connectivity index (χ2n) is 9.07. The third-order valence-corrected chi connectivity index (χ3v) is 6.88. The number of likely N-dealkylation sites (tertiary alicyclic amines) is 1. The quantitative estimate of drug-likeness (QED) is 0.599. The van der Waals surface area contributed by atoms with E-state index in [4.69, 9.17) is 10.3 Å². The Morgan fingerprint density at radius 2 is 1.74 bits per heavy atom. The van der Waals surface area contributed by atoms with Crippen LogP contribution in [0.2, 0.25) is 0 Å². The topological polar surface area (TPSA) is 118 Å². The first-order valence-corrected chi connectivity index (χ1v) is 11.9. The van der Waals surface area contributed by atoms with E-state index < -0.39 is 0 Å². The van der Waals surface area contributed by atoms with Gasteiger partial charge in [-0.25, -0.2) is 9.37 Å². The summed E-state index contributed by atoms with van der Waals surface area (Å²) in [4.78, 5) is 37.5. The molecule has 0 radical (unpaired) electrons. The zero-order valence-electron chi connectivity index (χ0n) is 19.3. The molecule has 9 nitrogen and oxygen atoms in total. The third kappa shape index (κ3) is 4.87. The van der Waals surface area contributed by atoms with Crippen molar-refractivity contribution in [2.75, 3.05) is 31.1 Å². The van der Waals surface area contributed by atoms with Gasteiger partial charge in [0.05, 0.1) is 5.56 Å². The number of carbonyl (C=O) groups excluding carboxylic acids is 2. The average molecular weight is 479 g/mol. The van der Waals surface area contributed by atoms with Gasteiger partial charge in [0, 0.05) is 49.8 Å². The lowest BCUT2D eigenvalue weighted by molar-refractivity contribution is -0.139. The van der Waals surface area contributed by atoms with Crippen LogP contribution in [-0.2, 0) is 9.59 Å². The summed E-state index contributed by atoms with van der Waals surface area (Å²) in [5, 5.41) is 4.02. The van der Waals surface area contributed by atoms with Crippen LogP contribution in [0.4, 0.5) is 10.2 Å². The van der Waals surface area contributed by atoms with Crippen molar-refractivity contribution in [1.29, 1.82) is 0 Å². The summed E-state index contributed by atoms with van der Waals surface area (Å²) in [5.41, 5.74) is 6.64. The van der Waals surface area contributed by atoms with Gasteiger partial charge in [-0.05, 0) is 49.9 Å². The maximum atomic E-state index is 13.6. The van der Waals surface area contributed by atoms with Crippen LogP contribution in [0.5, 0.6) is 0 Å². The molecule has 10 heteroatoms. The van der Waals surface area contributed by atoms with Crippen LogP contribution in [-0.4, -0.2) is 58.0 Å². The zero-order chi connectivity index (χ0) is 24.4. The highest BCUT2D eigenvalue weighted by molar-refractivity contribution is 5.81. The molecule has 182 valence electrons. The summed E-state index contributed by atoms with van der Waals surface area (Å²) < 4.78 is 19.1. The number of nitrogens with zero attached hydrogens (tertiary/aromatic N) is 5. The molecule has 2 fully saturated rings. The minimum absolute atomic E-state index is 0.0495. The van der Waals surface area contributed by atoms with Gasteiger partial charge < -0.3 is 20.1 Å². The lowest BCUT2D eigenvalue weighted by Crippen LogP contribution is -2.47. The largest absolute Gasteiger partial charge is 0.369 e. The number of piperidine rings is 2. The number of aromatic nitrogens is 3. The van der Waals surface area contributed by atoms with Gasteiger partial charge in [-0.3, -0.25) is 9.59 Å². The molecule has 0 bridgehead atoms. The highest BCUT2D eigenvalue weighted by Gasteiger charge is 2.33. The second-order valence-corrected chi connectivity index (χ2v) is 9.07. The van der Waals surface area contributed by atoms with Gasteiger partial charge in [-0.15, -0.1) is 0 Å². The van der Waals surface area contributed by atoms with Crippen LogP contribution in [0.3, 0.4) is 0 Å². The van der Waals surface area contributed by atoms with Gasteiger partial charge in [0.25, 0.3) is 5.89 Å². The van der Waals surface area contributed by atoms with Crippen molar-refractivity contribution in [3.8, 4) is 22.8 Å². The van der Waals surface area contributed by atoms with E-state index in [0.717, 1.165) is 5.82 Å². The number of carbonyl (C=O) groups is 2. The zero-order valence-corrected chi connectivity index (χ0v) is 19.3. The fourth-order valence-corrected chi connectivity index (χ4v) is 4.87. The molecule has 2 aliphatic rings. The van der Waals surface area contributed by atoms with Gasteiger partial charge in [0.1, 0.15) is 11.6 Å². The minimum Gasteiger partial charge on any atom is -0.369 e. The van der Waals surface area contributed by atoms with Crippen LogP contribution in [0.15, 0.2) is 47.1 Å². The summed E-state index contributed by atoms with van der Waals surface area (Å²) in [5.74, 6) is 0.662. The predicted octanol–water partition coefficient (Wildman–Crippen LogP) is 2.88. The highest BCUT2D eigenvalue weighted by atomic mass is 19.1. The molecule has 2 aliphatic heterocycles. The van der Waals surface area contributed by atoms with Gasteiger partial charge in [0.2, 0.25) is 17.6 Å². The number of amides is 2. The Balaban J connectivity index is 1.25. The van der Waals surface area contributed by atoms with E-state index in [1.807, 2.05) is 11.0 Å². The molecule has 0 spiro atoms. The van der Waals surface area contributed by atoms with Crippen molar-refractivity contribution in [1.82, 2.24) is 20.0 Å². The molecule has 0 atom stereocenters. The van der Waals surface area contributed by atoms with Gasteiger partial charge in [-0.2, -0.15) is 4.98 Å². The molecule has 35 heavy (non-hydrogen) atoms. The summed E-state index contributed by atoms with van der Waals surface area (Å²) in [7, 11) is 0. The van der Waals surface area contributed by atoms with Gasteiger partial charge in [0.15, 0.2) is 0 Å². The number of rotatable bonds is 5. The van der Waals surface area contributed by atoms with Crippen LogP contribution in [0, 0.1) is 17.7 Å². The van der Waals surface area contributed by atoms with E-state index in [1.54, 1.807) is 24.4 Å². The lowest BCUT2D eigenvalue weighted by atomic mass is 9.91. The van der Waals surface area contributed by atoms with Crippen LogP contribution < -0.4 is 10.6 Å². The number of pyridine rings is 1. The van der Waals surface area contributed by atoms with Gasteiger partial charge in [-0.1, -0.05) is 17.3 Å². The number of benzene rings is 1. The number of primary amides is 1.